The summed E-state index contributed by atoms with van der Waals surface area (Å²) in [7, 11) is 1.80. The van der Waals surface area contributed by atoms with Crippen LogP contribution < -0.4 is 0 Å². The third-order valence-electron chi connectivity index (χ3n) is 3.84. The van der Waals surface area contributed by atoms with Crippen LogP contribution in [-0.4, -0.2) is 46.4 Å². The van der Waals surface area contributed by atoms with Crippen LogP contribution in [0.2, 0.25) is 10.0 Å². The van der Waals surface area contributed by atoms with Crippen LogP contribution in [0.25, 0.3) is 11.3 Å². The van der Waals surface area contributed by atoms with Crippen LogP contribution in [0.5, 0.6) is 0 Å². The van der Waals surface area contributed by atoms with Crippen molar-refractivity contribution in [3.8, 4) is 11.3 Å². The summed E-state index contributed by atoms with van der Waals surface area (Å²) in [5, 5.41) is 5.32. The van der Waals surface area contributed by atoms with Crippen molar-refractivity contribution in [2.24, 2.45) is 7.05 Å². The molecule has 1 unspecified atom stereocenters. The minimum atomic E-state index is -0.0814. The molecule has 5 nitrogen and oxygen atoms in total. The largest absolute Gasteiger partial charge is 0.375 e. The molecule has 1 aliphatic heterocycles. The summed E-state index contributed by atoms with van der Waals surface area (Å²) >= 11 is 12.0. The highest BCUT2D eigenvalue weighted by molar-refractivity contribution is 6.42. The Bertz CT molecular complexity index is 745. The molecule has 7 heteroatoms. The highest BCUT2D eigenvalue weighted by Crippen LogP contribution is 2.29. The third kappa shape index (κ3) is 3.37. The first-order valence-electron chi connectivity index (χ1n) is 7.36. The van der Waals surface area contributed by atoms with E-state index < -0.39 is 0 Å². The van der Waals surface area contributed by atoms with Crippen molar-refractivity contribution in [1.29, 1.82) is 0 Å². The number of nitrogens with zero attached hydrogens (tertiary/aromatic N) is 3. The number of aryl methyl sites for hydroxylation is 1. The molecule has 23 heavy (non-hydrogen) atoms. The van der Waals surface area contributed by atoms with Gasteiger partial charge in [-0.05, 0) is 25.1 Å². The van der Waals surface area contributed by atoms with Gasteiger partial charge in [0.2, 0.25) is 0 Å². The molecule has 2 heterocycles. The van der Waals surface area contributed by atoms with Gasteiger partial charge in [0.15, 0.2) is 5.69 Å². The van der Waals surface area contributed by atoms with Crippen molar-refractivity contribution in [1.82, 2.24) is 14.7 Å². The Morgan fingerprint density at radius 2 is 2.09 bits per heavy atom. The van der Waals surface area contributed by atoms with Gasteiger partial charge in [0.1, 0.15) is 0 Å². The average Bonchev–Trinajstić information content (AvgIpc) is 2.91. The molecule has 1 saturated heterocycles. The van der Waals surface area contributed by atoms with Crippen molar-refractivity contribution in [2.45, 2.75) is 13.0 Å². The number of amides is 1. The summed E-state index contributed by atoms with van der Waals surface area (Å²) in [6.45, 7) is 3.68. The Hall–Kier alpha value is -1.56. The second-order valence-electron chi connectivity index (χ2n) is 5.60. The minimum absolute atomic E-state index is 0.0472. The molecule has 1 aromatic heterocycles. The zero-order chi connectivity index (χ0) is 16.6. The second kappa shape index (κ2) is 6.51. The summed E-state index contributed by atoms with van der Waals surface area (Å²) in [6.07, 6.45) is 0.0472. The molecule has 122 valence electrons. The van der Waals surface area contributed by atoms with Crippen molar-refractivity contribution < 1.29 is 9.53 Å². The van der Waals surface area contributed by atoms with Crippen LogP contribution >= 0.6 is 23.2 Å². The van der Waals surface area contributed by atoms with Gasteiger partial charge in [-0.2, -0.15) is 5.10 Å². The lowest BCUT2D eigenvalue weighted by Crippen LogP contribution is -2.44. The van der Waals surface area contributed by atoms with Crippen LogP contribution in [0.3, 0.4) is 0 Å². The zero-order valence-electron chi connectivity index (χ0n) is 12.9. The number of ether oxygens (including phenoxy) is 1. The predicted octanol–water partition coefficient (Wildman–Crippen LogP) is 3.25. The van der Waals surface area contributed by atoms with Crippen LogP contribution in [0.15, 0.2) is 24.3 Å². The number of hydrogen-bond acceptors (Lipinski definition) is 3. The Labute approximate surface area is 144 Å². The van der Waals surface area contributed by atoms with Gasteiger partial charge in [0.25, 0.3) is 5.91 Å². The van der Waals surface area contributed by atoms with Gasteiger partial charge in [-0.3, -0.25) is 9.48 Å². The van der Waals surface area contributed by atoms with Gasteiger partial charge < -0.3 is 9.64 Å². The smallest absolute Gasteiger partial charge is 0.274 e. The molecule has 1 atom stereocenters. The maximum Gasteiger partial charge on any atom is 0.274 e. The molecule has 1 fully saturated rings. The van der Waals surface area contributed by atoms with E-state index in [2.05, 4.69) is 5.10 Å². The lowest BCUT2D eigenvalue weighted by molar-refractivity contribution is -0.0126. The van der Waals surface area contributed by atoms with E-state index in [1.807, 2.05) is 13.0 Å². The van der Waals surface area contributed by atoms with Crippen LogP contribution in [-0.2, 0) is 11.8 Å². The van der Waals surface area contributed by atoms with Gasteiger partial charge in [-0.25, -0.2) is 0 Å². The summed E-state index contributed by atoms with van der Waals surface area (Å²) in [5.41, 5.74) is 2.10. The molecular weight excluding hydrogens is 337 g/mol. The van der Waals surface area contributed by atoms with E-state index in [-0.39, 0.29) is 12.0 Å². The Kier molecular flexibility index (Phi) is 4.62. The lowest BCUT2D eigenvalue weighted by atomic mass is 10.1. The quantitative estimate of drug-likeness (QED) is 0.832. The SMILES string of the molecule is CC1CN(C(=O)c2cc(-c3ccc(Cl)c(Cl)c3)n(C)n2)CCO1. The van der Waals surface area contributed by atoms with Gasteiger partial charge >= 0.3 is 0 Å². The first-order chi connectivity index (χ1) is 11.0. The summed E-state index contributed by atoms with van der Waals surface area (Å²) in [5.74, 6) is -0.0814. The van der Waals surface area contributed by atoms with E-state index in [9.17, 15) is 4.79 Å². The lowest BCUT2D eigenvalue weighted by Gasteiger charge is -2.30. The number of aromatic nitrogens is 2. The predicted molar refractivity (Wildman–Crippen MR) is 90.0 cm³/mol. The van der Waals surface area contributed by atoms with E-state index >= 15 is 0 Å². The Morgan fingerprint density at radius 3 is 2.78 bits per heavy atom. The molecule has 0 radical (unpaired) electrons. The summed E-state index contributed by atoms with van der Waals surface area (Å²) in [4.78, 5) is 14.4. The van der Waals surface area contributed by atoms with Crippen LogP contribution in [0, 0.1) is 0 Å². The van der Waals surface area contributed by atoms with E-state index in [0.717, 1.165) is 11.3 Å². The molecule has 2 aromatic rings. The molecule has 0 bridgehead atoms. The number of rotatable bonds is 2. The van der Waals surface area contributed by atoms with Crippen molar-refractivity contribution >= 4 is 29.1 Å². The molecule has 0 spiro atoms. The maximum absolute atomic E-state index is 12.6. The normalized spacial score (nSPS) is 18.3. The Morgan fingerprint density at radius 1 is 1.30 bits per heavy atom. The number of morpholine rings is 1. The maximum atomic E-state index is 12.6. The van der Waals surface area contributed by atoms with E-state index in [0.29, 0.717) is 35.4 Å². The average molecular weight is 354 g/mol. The zero-order valence-corrected chi connectivity index (χ0v) is 14.4. The van der Waals surface area contributed by atoms with E-state index in [4.69, 9.17) is 27.9 Å². The second-order valence-corrected chi connectivity index (χ2v) is 6.41. The number of benzene rings is 1. The van der Waals surface area contributed by atoms with Crippen molar-refractivity contribution in [3.05, 3.63) is 40.0 Å². The highest BCUT2D eigenvalue weighted by Gasteiger charge is 2.25. The third-order valence-corrected chi connectivity index (χ3v) is 4.58. The summed E-state index contributed by atoms with van der Waals surface area (Å²) < 4.78 is 7.15. The van der Waals surface area contributed by atoms with Crippen molar-refractivity contribution in [2.75, 3.05) is 19.7 Å². The van der Waals surface area contributed by atoms with Gasteiger partial charge in [0.05, 0.1) is 28.5 Å². The highest BCUT2D eigenvalue weighted by atomic mass is 35.5. The molecular formula is C16H17Cl2N3O2. The molecule has 0 N–H and O–H groups in total. The Balaban J connectivity index is 1.88. The molecule has 0 saturated carbocycles. The minimum Gasteiger partial charge on any atom is -0.375 e. The molecule has 3 rings (SSSR count). The van der Waals surface area contributed by atoms with Gasteiger partial charge in [0, 0.05) is 25.7 Å². The topological polar surface area (TPSA) is 47.4 Å². The number of carbonyl (C=O) groups is 1. The van der Waals surface area contributed by atoms with E-state index in [1.54, 1.807) is 34.8 Å². The fourth-order valence-electron chi connectivity index (χ4n) is 2.66. The van der Waals surface area contributed by atoms with E-state index in [1.165, 1.54) is 0 Å². The fourth-order valence-corrected chi connectivity index (χ4v) is 2.96. The number of halogens is 2. The number of hydrogen-bond donors (Lipinski definition) is 0. The molecule has 1 amide bonds. The van der Waals surface area contributed by atoms with Gasteiger partial charge in [-0.1, -0.05) is 29.3 Å². The van der Waals surface area contributed by atoms with Crippen LogP contribution in [0.4, 0.5) is 0 Å². The fraction of sp³-hybridized carbons (Fsp3) is 0.375. The molecule has 1 aromatic carbocycles. The monoisotopic (exact) mass is 353 g/mol. The van der Waals surface area contributed by atoms with Gasteiger partial charge in [-0.15, -0.1) is 0 Å². The summed E-state index contributed by atoms with van der Waals surface area (Å²) in [6, 6.07) is 7.14. The first-order valence-corrected chi connectivity index (χ1v) is 8.11. The first kappa shape index (κ1) is 16.3. The standard InChI is InChI=1S/C16H17Cl2N3O2/c1-10-9-21(5-6-23-10)16(22)14-8-15(20(2)19-14)11-3-4-12(17)13(18)7-11/h3-4,7-8,10H,5-6,9H2,1-2H3. The molecule has 0 aliphatic carbocycles. The van der Waals surface area contributed by atoms with Crippen molar-refractivity contribution in [3.63, 3.8) is 0 Å². The van der Waals surface area contributed by atoms with Crippen LogP contribution in [0.1, 0.15) is 17.4 Å². The number of carbonyl (C=O) groups excluding carboxylic acids is 1. The molecule has 1 aliphatic rings.